The van der Waals surface area contributed by atoms with Gasteiger partial charge in [0.05, 0.1) is 24.1 Å². The van der Waals surface area contributed by atoms with Crippen LogP contribution in [0.5, 0.6) is 0 Å². The number of hydrogen-bond acceptors (Lipinski definition) is 7. The first-order chi connectivity index (χ1) is 9.33. The van der Waals surface area contributed by atoms with Crippen molar-refractivity contribution in [1.82, 2.24) is 15.0 Å². The molecule has 1 fully saturated rings. The van der Waals surface area contributed by atoms with Crippen LogP contribution in [0.25, 0.3) is 10.8 Å². The Hall–Kier alpha value is -1.28. The fraction of sp³-hybridized carbons (Fsp3) is 0.500. The first-order valence-electron chi connectivity index (χ1n) is 6.26. The highest BCUT2D eigenvalue weighted by Crippen LogP contribution is 2.23. The van der Waals surface area contributed by atoms with Crippen molar-refractivity contribution >= 4 is 11.3 Å². The van der Waals surface area contributed by atoms with Gasteiger partial charge in [0.2, 0.25) is 0 Å². The fourth-order valence-corrected chi connectivity index (χ4v) is 2.67. The van der Waals surface area contributed by atoms with Crippen molar-refractivity contribution in [1.29, 1.82) is 0 Å². The van der Waals surface area contributed by atoms with Crippen molar-refractivity contribution in [3.05, 3.63) is 23.3 Å². The quantitative estimate of drug-likeness (QED) is 0.904. The lowest BCUT2D eigenvalue weighted by Gasteiger charge is -2.27. The summed E-state index contributed by atoms with van der Waals surface area (Å²) in [6, 6.07) is 3.68. The molecular weight excluding hydrogens is 264 g/mol. The Balaban J connectivity index is 1.65. The minimum atomic E-state index is -0.226. The molecule has 3 heterocycles. The van der Waals surface area contributed by atoms with Crippen LogP contribution in [0.4, 0.5) is 0 Å². The first-order valence-corrected chi connectivity index (χ1v) is 7.14. The molecule has 1 unspecified atom stereocenters. The second-order valence-corrected chi connectivity index (χ2v) is 5.40. The number of ether oxygens (including phenoxy) is 1. The van der Waals surface area contributed by atoms with E-state index in [1.807, 2.05) is 17.5 Å². The summed E-state index contributed by atoms with van der Waals surface area (Å²) in [7, 11) is 0. The van der Waals surface area contributed by atoms with Crippen LogP contribution in [0.1, 0.15) is 11.9 Å². The number of aromatic nitrogens is 2. The third kappa shape index (κ3) is 3.01. The van der Waals surface area contributed by atoms with Gasteiger partial charge >= 0.3 is 0 Å². The lowest BCUT2D eigenvalue weighted by molar-refractivity contribution is 0.0348. The molecule has 0 bridgehead atoms. The molecule has 0 amide bonds. The van der Waals surface area contributed by atoms with Crippen LogP contribution >= 0.6 is 11.3 Å². The molecule has 7 heteroatoms. The third-order valence-electron chi connectivity index (χ3n) is 3.06. The molecular formula is C12H16N4O2S. The summed E-state index contributed by atoms with van der Waals surface area (Å²) in [6.07, 6.45) is 0. The van der Waals surface area contributed by atoms with E-state index in [1.54, 1.807) is 11.3 Å². The van der Waals surface area contributed by atoms with E-state index >= 15 is 0 Å². The largest absolute Gasteiger partial charge is 0.379 e. The third-order valence-corrected chi connectivity index (χ3v) is 3.92. The second-order valence-electron chi connectivity index (χ2n) is 4.45. The average molecular weight is 280 g/mol. The van der Waals surface area contributed by atoms with E-state index in [4.69, 9.17) is 15.0 Å². The fourth-order valence-electron chi connectivity index (χ4n) is 2.03. The summed E-state index contributed by atoms with van der Waals surface area (Å²) in [5.74, 6) is 1.11. The molecule has 0 spiro atoms. The number of thiophene rings is 1. The van der Waals surface area contributed by atoms with Gasteiger partial charge in [-0.25, -0.2) is 0 Å². The Kier molecular flexibility index (Phi) is 3.88. The molecule has 2 aromatic heterocycles. The first kappa shape index (κ1) is 12.7. The zero-order chi connectivity index (χ0) is 13.1. The van der Waals surface area contributed by atoms with Crippen LogP contribution in [0.3, 0.4) is 0 Å². The molecule has 1 saturated heterocycles. The van der Waals surface area contributed by atoms with Crippen LogP contribution in [0.15, 0.2) is 22.0 Å². The monoisotopic (exact) mass is 280 g/mol. The summed E-state index contributed by atoms with van der Waals surface area (Å²) in [5.41, 5.74) is 6.13. The van der Waals surface area contributed by atoms with Gasteiger partial charge < -0.3 is 15.0 Å². The Labute approximate surface area is 115 Å². The van der Waals surface area contributed by atoms with E-state index in [9.17, 15) is 0 Å². The Morgan fingerprint density at radius 1 is 1.42 bits per heavy atom. The van der Waals surface area contributed by atoms with Crippen molar-refractivity contribution in [3.63, 3.8) is 0 Å². The summed E-state index contributed by atoms with van der Waals surface area (Å²) in [5, 5.41) is 5.95. The smallest absolute Gasteiger partial charge is 0.268 e. The van der Waals surface area contributed by atoms with E-state index in [2.05, 4.69) is 15.0 Å². The zero-order valence-electron chi connectivity index (χ0n) is 10.5. The van der Waals surface area contributed by atoms with Crippen LogP contribution in [-0.2, 0) is 4.74 Å². The molecule has 19 heavy (non-hydrogen) atoms. The average Bonchev–Trinajstić information content (AvgIpc) is 3.11. The van der Waals surface area contributed by atoms with E-state index in [-0.39, 0.29) is 6.04 Å². The Bertz CT molecular complexity index is 508. The second kappa shape index (κ2) is 5.79. The molecule has 3 rings (SSSR count). The molecule has 0 saturated carbocycles. The van der Waals surface area contributed by atoms with Gasteiger partial charge in [-0.1, -0.05) is 11.2 Å². The molecule has 2 N–H and O–H groups in total. The van der Waals surface area contributed by atoms with Gasteiger partial charge in [-0.2, -0.15) is 4.98 Å². The molecule has 0 aromatic carbocycles. The highest BCUT2D eigenvalue weighted by atomic mass is 32.1. The lowest BCUT2D eigenvalue weighted by Crippen LogP contribution is -2.40. The summed E-state index contributed by atoms with van der Waals surface area (Å²) in [4.78, 5) is 7.60. The van der Waals surface area contributed by atoms with Crippen molar-refractivity contribution < 1.29 is 9.26 Å². The maximum Gasteiger partial charge on any atom is 0.268 e. The van der Waals surface area contributed by atoms with Crippen LogP contribution in [-0.4, -0.2) is 47.9 Å². The number of rotatable bonds is 4. The van der Waals surface area contributed by atoms with Gasteiger partial charge in [0.25, 0.3) is 5.89 Å². The van der Waals surface area contributed by atoms with Crippen molar-refractivity contribution in [2.75, 3.05) is 32.8 Å². The molecule has 0 radical (unpaired) electrons. The molecule has 6 nitrogen and oxygen atoms in total. The van der Waals surface area contributed by atoms with Crippen molar-refractivity contribution in [2.24, 2.45) is 5.73 Å². The number of hydrogen-bond donors (Lipinski definition) is 1. The van der Waals surface area contributed by atoms with Gasteiger partial charge in [-0.05, 0) is 11.4 Å². The molecule has 1 aliphatic heterocycles. The zero-order valence-corrected chi connectivity index (χ0v) is 11.3. The highest BCUT2D eigenvalue weighted by Gasteiger charge is 2.20. The Morgan fingerprint density at radius 3 is 3.00 bits per heavy atom. The summed E-state index contributed by atoms with van der Waals surface area (Å²) in [6.45, 7) is 4.07. The van der Waals surface area contributed by atoms with Crippen LogP contribution < -0.4 is 5.73 Å². The standard InChI is InChI=1S/C12H16N4O2S/c13-9(8-16-3-5-17-6-4-16)11-14-12(18-15-11)10-2-1-7-19-10/h1-2,7,9H,3-6,8,13H2. The van der Waals surface area contributed by atoms with Gasteiger partial charge in [-0.15, -0.1) is 11.3 Å². The van der Waals surface area contributed by atoms with Gasteiger partial charge in [-0.3, -0.25) is 4.90 Å². The van der Waals surface area contributed by atoms with Gasteiger partial charge in [0, 0.05) is 19.6 Å². The maximum absolute atomic E-state index is 6.13. The summed E-state index contributed by atoms with van der Waals surface area (Å²) >= 11 is 1.57. The minimum absolute atomic E-state index is 0.226. The van der Waals surface area contributed by atoms with E-state index in [0.29, 0.717) is 11.7 Å². The molecule has 2 aromatic rings. The lowest BCUT2D eigenvalue weighted by atomic mass is 10.2. The van der Waals surface area contributed by atoms with E-state index in [0.717, 1.165) is 37.7 Å². The maximum atomic E-state index is 6.13. The predicted molar refractivity (Wildman–Crippen MR) is 71.8 cm³/mol. The number of nitrogens with two attached hydrogens (primary N) is 1. The van der Waals surface area contributed by atoms with E-state index < -0.39 is 0 Å². The topological polar surface area (TPSA) is 77.4 Å². The number of morpholine rings is 1. The van der Waals surface area contributed by atoms with Gasteiger partial charge in [0.1, 0.15) is 0 Å². The molecule has 1 atom stereocenters. The van der Waals surface area contributed by atoms with Gasteiger partial charge in [0.15, 0.2) is 5.82 Å². The predicted octanol–water partition coefficient (Wildman–Crippen LogP) is 1.13. The van der Waals surface area contributed by atoms with Crippen LogP contribution in [0, 0.1) is 0 Å². The molecule has 102 valence electrons. The molecule has 0 aliphatic carbocycles. The van der Waals surface area contributed by atoms with E-state index in [1.165, 1.54) is 0 Å². The normalized spacial score (nSPS) is 18.6. The molecule has 1 aliphatic rings. The van der Waals surface area contributed by atoms with Crippen molar-refractivity contribution in [3.8, 4) is 10.8 Å². The Morgan fingerprint density at radius 2 is 2.26 bits per heavy atom. The van der Waals surface area contributed by atoms with Crippen molar-refractivity contribution in [2.45, 2.75) is 6.04 Å². The van der Waals surface area contributed by atoms with Crippen LogP contribution in [0.2, 0.25) is 0 Å². The number of nitrogens with zero attached hydrogens (tertiary/aromatic N) is 3. The summed E-state index contributed by atoms with van der Waals surface area (Å²) < 4.78 is 10.6. The SMILES string of the molecule is NC(CN1CCOCC1)c1noc(-c2cccs2)n1. The highest BCUT2D eigenvalue weighted by molar-refractivity contribution is 7.13. The minimum Gasteiger partial charge on any atom is -0.379 e.